The van der Waals surface area contributed by atoms with Gasteiger partial charge in [-0.05, 0) is 13.0 Å². The van der Waals surface area contributed by atoms with Gasteiger partial charge in [-0.2, -0.15) is 0 Å². The van der Waals surface area contributed by atoms with E-state index in [1.54, 1.807) is 10.6 Å². The highest BCUT2D eigenvalue weighted by Crippen LogP contribution is 2.23. The van der Waals surface area contributed by atoms with Crippen LogP contribution in [-0.2, 0) is 9.47 Å². The lowest BCUT2D eigenvalue weighted by Crippen LogP contribution is -2.26. The van der Waals surface area contributed by atoms with E-state index in [-0.39, 0.29) is 12.1 Å². The predicted molar refractivity (Wildman–Crippen MR) is 46.6 cm³/mol. The van der Waals surface area contributed by atoms with Crippen LogP contribution in [0.15, 0.2) is 12.1 Å². The number of ether oxygens (including phenoxy) is 2. The van der Waals surface area contributed by atoms with Gasteiger partial charge in [-0.1, -0.05) is 0 Å². The van der Waals surface area contributed by atoms with E-state index in [2.05, 4.69) is 0 Å². The van der Waals surface area contributed by atoms with E-state index in [4.69, 9.17) is 9.47 Å². The van der Waals surface area contributed by atoms with E-state index in [0.29, 0.717) is 19.8 Å². The van der Waals surface area contributed by atoms with Crippen LogP contribution < -0.4 is 0 Å². The molecule has 72 valence electrons. The molecule has 1 fully saturated rings. The zero-order valence-electron chi connectivity index (χ0n) is 7.56. The van der Waals surface area contributed by atoms with Crippen molar-refractivity contribution >= 4 is 0 Å². The summed E-state index contributed by atoms with van der Waals surface area (Å²) in [5.74, 6) is 0.230. The van der Waals surface area contributed by atoms with Crippen LogP contribution in [0.3, 0.4) is 0 Å². The third kappa shape index (κ3) is 1.55. The summed E-state index contributed by atoms with van der Waals surface area (Å²) >= 11 is 0. The van der Waals surface area contributed by atoms with Crippen LogP contribution in [0.4, 0.5) is 0 Å². The largest absolute Gasteiger partial charge is 0.494 e. The Morgan fingerprint density at radius 2 is 2.31 bits per heavy atom. The zero-order chi connectivity index (χ0) is 9.26. The van der Waals surface area contributed by atoms with Crippen molar-refractivity contribution in [1.29, 1.82) is 0 Å². The predicted octanol–water partition coefficient (Wildman–Crippen LogP) is 1.05. The Kier molecular flexibility index (Phi) is 2.24. The van der Waals surface area contributed by atoms with Gasteiger partial charge in [0.1, 0.15) is 0 Å². The van der Waals surface area contributed by atoms with Crippen molar-refractivity contribution in [3.8, 4) is 5.88 Å². The van der Waals surface area contributed by atoms with Gasteiger partial charge in [0.2, 0.25) is 0 Å². The molecule has 4 heteroatoms. The van der Waals surface area contributed by atoms with E-state index in [9.17, 15) is 5.11 Å². The Balaban J connectivity index is 2.22. The minimum atomic E-state index is -0.177. The second-order valence-corrected chi connectivity index (χ2v) is 3.10. The van der Waals surface area contributed by atoms with Crippen LogP contribution in [0, 0.1) is 6.92 Å². The summed E-state index contributed by atoms with van der Waals surface area (Å²) in [6.07, 6.45) is -0.177. The number of aromatic hydroxyl groups is 1. The van der Waals surface area contributed by atoms with Gasteiger partial charge in [0, 0.05) is 11.8 Å². The molecule has 0 aliphatic carbocycles. The normalized spacial score (nSPS) is 23.3. The minimum absolute atomic E-state index is 0.177. The summed E-state index contributed by atoms with van der Waals surface area (Å²) in [5.41, 5.74) is 0.980. The van der Waals surface area contributed by atoms with Crippen LogP contribution in [-0.4, -0.2) is 29.5 Å². The molecule has 1 saturated heterocycles. The number of nitrogens with zero attached hydrogens (tertiary/aromatic N) is 1. The molecule has 2 heterocycles. The molecule has 1 aromatic heterocycles. The molecule has 1 aliphatic heterocycles. The molecular formula is C9H13NO3. The third-order valence-electron chi connectivity index (χ3n) is 2.19. The lowest BCUT2D eigenvalue weighted by Gasteiger charge is -2.25. The lowest BCUT2D eigenvalue weighted by molar-refractivity contribution is -0.124. The molecule has 1 aromatic rings. The van der Waals surface area contributed by atoms with Crippen LogP contribution >= 0.6 is 0 Å². The quantitative estimate of drug-likeness (QED) is 0.707. The number of aryl methyl sites for hydroxylation is 1. The lowest BCUT2D eigenvalue weighted by atomic mass is 10.4. The highest BCUT2D eigenvalue weighted by atomic mass is 16.6. The molecule has 2 rings (SSSR count). The van der Waals surface area contributed by atoms with Gasteiger partial charge in [0.25, 0.3) is 0 Å². The van der Waals surface area contributed by atoms with Crippen LogP contribution in [0.2, 0.25) is 0 Å². The van der Waals surface area contributed by atoms with E-state index < -0.39 is 0 Å². The Hall–Kier alpha value is -1.00. The average molecular weight is 183 g/mol. The molecule has 1 N–H and O–H groups in total. The highest BCUT2D eigenvalue weighted by Gasteiger charge is 2.19. The summed E-state index contributed by atoms with van der Waals surface area (Å²) < 4.78 is 12.5. The molecular weight excluding hydrogens is 170 g/mol. The topological polar surface area (TPSA) is 43.6 Å². The van der Waals surface area contributed by atoms with Crippen molar-refractivity contribution in [3.63, 3.8) is 0 Å². The molecule has 0 spiro atoms. The van der Waals surface area contributed by atoms with Gasteiger partial charge in [-0.15, -0.1) is 0 Å². The third-order valence-corrected chi connectivity index (χ3v) is 2.19. The van der Waals surface area contributed by atoms with Gasteiger partial charge in [0.05, 0.1) is 19.8 Å². The van der Waals surface area contributed by atoms with Crippen molar-refractivity contribution in [2.45, 2.75) is 13.2 Å². The van der Waals surface area contributed by atoms with Gasteiger partial charge in [0.15, 0.2) is 12.1 Å². The number of hydrogen-bond donors (Lipinski definition) is 1. The Morgan fingerprint density at radius 3 is 2.85 bits per heavy atom. The van der Waals surface area contributed by atoms with E-state index in [1.165, 1.54) is 0 Å². The second-order valence-electron chi connectivity index (χ2n) is 3.10. The van der Waals surface area contributed by atoms with Crippen LogP contribution in [0.1, 0.15) is 11.9 Å². The summed E-state index contributed by atoms with van der Waals surface area (Å²) in [4.78, 5) is 0. The van der Waals surface area contributed by atoms with Crippen molar-refractivity contribution in [3.05, 3.63) is 17.8 Å². The molecule has 0 radical (unpaired) electrons. The van der Waals surface area contributed by atoms with E-state index in [0.717, 1.165) is 5.69 Å². The Labute approximate surface area is 76.7 Å². The molecule has 1 atom stereocenters. The fraction of sp³-hybridized carbons (Fsp3) is 0.556. The maximum absolute atomic E-state index is 9.51. The molecule has 13 heavy (non-hydrogen) atoms. The number of aromatic nitrogens is 1. The maximum Gasteiger partial charge on any atom is 0.193 e. The van der Waals surface area contributed by atoms with Gasteiger partial charge in [-0.3, -0.25) is 4.57 Å². The number of rotatable bonds is 1. The average Bonchev–Trinajstić information content (AvgIpc) is 2.48. The molecule has 0 amide bonds. The van der Waals surface area contributed by atoms with Crippen molar-refractivity contribution in [2.75, 3.05) is 19.8 Å². The van der Waals surface area contributed by atoms with Crippen LogP contribution in [0.5, 0.6) is 5.88 Å². The fourth-order valence-corrected chi connectivity index (χ4v) is 1.54. The van der Waals surface area contributed by atoms with Gasteiger partial charge >= 0.3 is 0 Å². The first kappa shape index (κ1) is 8.59. The smallest absolute Gasteiger partial charge is 0.193 e. The molecule has 1 unspecified atom stereocenters. The maximum atomic E-state index is 9.51. The summed E-state index contributed by atoms with van der Waals surface area (Å²) in [6.45, 7) is 3.65. The Bertz CT molecular complexity index is 270. The van der Waals surface area contributed by atoms with Crippen LogP contribution in [0.25, 0.3) is 0 Å². The molecule has 1 aliphatic rings. The van der Waals surface area contributed by atoms with E-state index in [1.807, 2.05) is 13.0 Å². The summed E-state index contributed by atoms with van der Waals surface area (Å²) in [5, 5.41) is 9.51. The Morgan fingerprint density at radius 1 is 1.46 bits per heavy atom. The molecule has 0 bridgehead atoms. The standard InChI is InChI=1S/C9H13NO3/c1-7-2-3-8(11)10(7)9-6-12-4-5-13-9/h2-3,9,11H,4-6H2,1H3. The van der Waals surface area contributed by atoms with Crippen molar-refractivity contribution in [2.24, 2.45) is 0 Å². The number of hydrogen-bond acceptors (Lipinski definition) is 3. The second kappa shape index (κ2) is 3.40. The fourth-order valence-electron chi connectivity index (χ4n) is 1.54. The zero-order valence-corrected chi connectivity index (χ0v) is 7.56. The van der Waals surface area contributed by atoms with E-state index >= 15 is 0 Å². The summed E-state index contributed by atoms with van der Waals surface area (Å²) in [7, 11) is 0. The SMILES string of the molecule is Cc1ccc(O)n1C1COCCO1. The van der Waals surface area contributed by atoms with Gasteiger partial charge < -0.3 is 14.6 Å². The van der Waals surface area contributed by atoms with Crippen molar-refractivity contribution < 1.29 is 14.6 Å². The molecule has 0 aromatic carbocycles. The van der Waals surface area contributed by atoms with Gasteiger partial charge in [-0.25, -0.2) is 0 Å². The minimum Gasteiger partial charge on any atom is -0.494 e. The highest BCUT2D eigenvalue weighted by molar-refractivity contribution is 5.19. The first-order valence-electron chi connectivity index (χ1n) is 4.35. The molecule has 4 nitrogen and oxygen atoms in total. The monoisotopic (exact) mass is 183 g/mol. The summed E-state index contributed by atoms with van der Waals surface area (Å²) in [6, 6.07) is 3.51. The van der Waals surface area contributed by atoms with Crippen molar-refractivity contribution in [1.82, 2.24) is 4.57 Å². The first-order chi connectivity index (χ1) is 6.29. The molecule has 0 saturated carbocycles. The first-order valence-corrected chi connectivity index (χ1v) is 4.35.